The van der Waals surface area contributed by atoms with Crippen molar-refractivity contribution in [1.82, 2.24) is 0 Å². The maximum absolute atomic E-state index is 5.73. The molecule has 1 rings (SSSR count). The lowest BCUT2D eigenvalue weighted by molar-refractivity contribution is -0.0598. The summed E-state index contributed by atoms with van der Waals surface area (Å²) < 4.78 is 11.2. The molecule has 0 bridgehead atoms. The van der Waals surface area contributed by atoms with Gasteiger partial charge in [-0.15, -0.1) is 0 Å². The first-order valence-electron chi connectivity index (χ1n) is 4.93. The van der Waals surface area contributed by atoms with E-state index in [1.165, 1.54) is 0 Å². The summed E-state index contributed by atoms with van der Waals surface area (Å²) in [6, 6.07) is -0.103. The SMILES string of the molecule is [B]C1OC(COC(C)(C)C)C[C@H]1C. The Morgan fingerprint density at radius 1 is 1.46 bits per heavy atom. The molecule has 1 aliphatic heterocycles. The molecular weight excluding hydrogens is 163 g/mol. The Hall–Kier alpha value is -0.0151. The average Bonchev–Trinajstić information content (AvgIpc) is 2.27. The molecule has 0 N–H and O–H groups in total. The van der Waals surface area contributed by atoms with Crippen LogP contribution in [0.25, 0.3) is 0 Å². The Kier molecular flexibility index (Phi) is 3.41. The van der Waals surface area contributed by atoms with Crippen molar-refractivity contribution in [2.75, 3.05) is 6.61 Å². The monoisotopic (exact) mass is 182 g/mol. The fourth-order valence-electron chi connectivity index (χ4n) is 1.41. The molecule has 1 heterocycles. The van der Waals surface area contributed by atoms with Crippen molar-refractivity contribution in [3.05, 3.63) is 0 Å². The molecule has 2 nitrogen and oxygen atoms in total. The Morgan fingerprint density at radius 3 is 2.46 bits per heavy atom. The Bertz CT molecular complexity index is 155. The van der Waals surface area contributed by atoms with E-state index in [1.807, 2.05) is 20.8 Å². The molecule has 3 atom stereocenters. The van der Waals surface area contributed by atoms with Crippen LogP contribution in [-0.4, -0.2) is 32.2 Å². The van der Waals surface area contributed by atoms with Crippen LogP contribution in [0, 0.1) is 5.92 Å². The molecule has 2 radical (unpaired) electrons. The molecule has 0 aromatic heterocycles. The zero-order valence-electron chi connectivity index (χ0n) is 9.04. The molecule has 0 aromatic carbocycles. The second-order valence-corrected chi connectivity index (χ2v) is 4.86. The normalized spacial score (nSPS) is 35.2. The van der Waals surface area contributed by atoms with Gasteiger partial charge in [-0.1, -0.05) is 6.92 Å². The summed E-state index contributed by atoms with van der Waals surface area (Å²) in [6.45, 7) is 8.91. The van der Waals surface area contributed by atoms with Crippen LogP contribution in [0.5, 0.6) is 0 Å². The van der Waals surface area contributed by atoms with Gasteiger partial charge in [-0.05, 0) is 33.1 Å². The lowest BCUT2D eigenvalue weighted by Crippen LogP contribution is -2.26. The topological polar surface area (TPSA) is 18.5 Å². The minimum absolute atomic E-state index is 0.0840. The molecule has 0 aliphatic carbocycles. The molecule has 1 aliphatic rings. The van der Waals surface area contributed by atoms with Crippen molar-refractivity contribution >= 4 is 7.85 Å². The van der Waals surface area contributed by atoms with Crippen LogP contribution in [0.2, 0.25) is 0 Å². The standard InChI is InChI=1S/C10H19BO2/c1-7-5-8(13-9(7)11)6-12-10(2,3)4/h7-9H,5-6H2,1-4H3/t7-,8?,9?/m1/s1. The summed E-state index contributed by atoms with van der Waals surface area (Å²) in [6.07, 6.45) is 1.20. The van der Waals surface area contributed by atoms with Crippen molar-refractivity contribution in [1.29, 1.82) is 0 Å². The average molecular weight is 182 g/mol. The van der Waals surface area contributed by atoms with Gasteiger partial charge in [0.15, 0.2) is 0 Å². The van der Waals surface area contributed by atoms with E-state index >= 15 is 0 Å². The number of hydrogen-bond acceptors (Lipinski definition) is 2. The van der Waals surface area contributed by atoms with E-state index in [-0.39, 0.29) is 17.7 Å². The van der Waals surface area contributed by atoms with Crippen molar-refractivity contribution in [2.24, 2.45) is 5.92 Å². The highest BCUT2D eigenvalue weighted by Gasteiger charge is 2.29. The first-order chi connectivity index (χ1) is 5.88. The van der Waals surface area contributed by atoms with Crippen molar-refractivity contribution in [3.8, 4) is 0 Å². The molecule has 3 heteroatoms. The van der Waals surface area contributed by atoms with Gasteiger partial charge < -0.3 is 9.47 Å². The zero-order chi connectivity index (χ0) is 10.1. The fraction of sp³-hybridized carbons (Fsp3) is 1.00. The molecule has 2 unspecified atom stereocenters. The first kappa shape index (κ1) is 11.1. The molecule has 0 aromatic rings. The summed E-state index contributed by atoms with van der Waals surface area (Å²) in [7, 11) is 5.73. The Labute approximate surface area is 82.4 Å². The Morgan fingerprint density at radius 2 is 2.08 bits per heavy atom. The fourth-order valence-corrected chi connectivity index (χ4v) is 1.41. The van der Waals surface area contributed by atoms with E-state index in [9.17, 15) is 0 Å². The largest absolute Gasteiger partial charge is 0.382 e. The molecule has 0 spiro atoms. The molecule has 74 valence electrons. The van der Waals surface area contributed by atoms with Gasteiger partial charge in [0.05, 0.1) is 18.3 Å². The van der Waals surface area contributed by atoms with Crippen molar-refractivity contribution in [3.63, 3.8) is 0 Å². The zero-order valence-corrected chi connectivity index (χ0v) is 9.04. The summed E-state index contributed by atoms with van der Waals surface area (Å²) >= 11 is 0. The van der Waals surface area contributed by atoms with Gasteiger partial charge in [-0.2, -0.15) is 0 Å². The molecule has 1 saturated heterocycles. The highest BCUT2D eigenvalue weighted by atomic mass is 16.5. The molecule has 0 amide bonds. The summed E-state index contributed by atoms with van der Waals surface area (Å²) in [4.78, 5) is 0. The van der Waals surface area contributed by atoms with Crippen molar-refractivity contribution in [2.45, 2.75) is 51.8 Å². The van der Waals surface area contributed by atoms with Gasteiger partial charge >= 0.3 is 0 Å². The minimum Gasteiger partial charge on any atom is -0.382 e. The second-order valence-electron chi connectivity index (χ2n) is 4.86. The third-order valence-corrected chi connectivity index (χ3v) is 2.25. The van der Waals surface area contributed by atoms with E-state index in [2.05, 4.69) is 6.92 Å². The number of rotatable bonds is 2. The van der Waals surface area contributed by atoms with E-state index in [0.717, 1.165) is 6.42 Å². The van der Waals surface area contributed by atoms with Crippen molar-refractivity contribution < 1.29 is 9.47 Å². The van der Waals surface area contributed by atoms with Gasteiger partial charge in [-0.3, -0.25) is 0 Å². The minimum atomic E-state index is -0.103. The second kappa shape index (κ2) is 4.01. The predicted octanol–water partition coefficient (Wildman–Crippen LogP) is 1.72. The van der Waals surface area contributed by atoms with Gasteiger partial charge in [-0.25, -0.2) is 0 Å². The van der Waals surface area contributed by atoms with E-state index in [0.29, 0.717) is 12.5 Å². The van der Waals surface area contributed by atoms with Crippen LogP contribution < -0.4 is 0 Å². The predicted molar refractivity (Wildman–Crippen MR) is 53.9 cm³/mol. The third kappa shape index (κ3) is 3.69. The van der Waals surface area contributed by atoms with Gasteiger partial charge in [0, 0.05) is 6.00 Å². The smallest absolute Gasteiger partial charge is 0.109 e. The third-order valence-electron chi connectivity index (χ3n) is 2.25. The summed E-state index contributed by atoms with van der Waals surface area (Å²) in [5.41, 5.74) is -0.0840. The molecular formula is C10H19BO2. The van der Waals surface area contributed by atoms with Gasteiger partial charge in [0.25, 0.3) is 0 Å². The highest BCUT2D eigenvalue weighted by molar-refractivity contribution is 6.11. The molecule has 0 saturated carbocycles. The van der Waals surface area contributed by atoms with E-state index < -0.39 is 0 Å². The van der Waals surface area contributed by atoms with Crippen LogP contribution in [0.15, 0.2) is 0 Å². The number of hydrogen-bond donors (Lipinski definition) is 0. The van der Waals surface area contributed by atoms with Crippen LogP contribution in [0.4, 0.5) is 0 Å². The van der Waals surface area contributed by atoms with Crippen LogP contribution in [0.3, 0.4) is 0 Å². The summed E-state index contributed by atoms with van der Waals surface area (Å²) in [5, 5.41) is 0. The van der Waals surface area contributed by atoms with E-state index in [4.69, 9.17) is 17.3 Å². The Balaban J connectivity index is 2.25. The van der Waals surface area contributed by atoms with Gasteiger partial charge in [0.1, 0.15) is 7.85 Å². The first-order valence-corrected chi connectivity index (χ1v) is 4.93. The van der Waals surface area contributed by atoms with Crippen LogP contribution in [0.1, 0.15) is 34.1 Å². The summed E-state index contributed by atoms with van der Waals surface area (Å²) in [5.74, 6) is 0.452. The van der Waals surface area contributed by atoms with Crippen LogP contribution >= 0.6 is 0 Å². The van der Waals surface area contributed by atoms with Crippen LogP contribution in [-0.2, 0) is 9.47 Å². The lowest BCUT2D eigenvalue weighted by Gasteiger charge is -2.22. The van der Waals surface area contributed by atoms with E-state index in [1.54, 1.807) is 0 Å². The molecule has 13 heavy (non-hydrogen) atoms. The number of ether oxygens (including phenoxy) is 2. The lowest BCUT2D eigenvalue weighted by atomic mass is 9.88. The maximum atomic E-state index is 5.73. The quantitative estimate of drug-likeness (QED) is 0.605. The van der Waals surface area contributed by atoms with Gasteiger partial charge in [0.2, 0.25) is 0 Å². The maximum Gasteiger partial charge on any atom is 0.109 e. The highest BCUT2D eigenvalue weighted by Crippen LogP contribution is 2.25. The molecule has 1 fully saturated rings.